The summed E-state index contributed by atoms with van der Waals surface area (Å²) in [6.07, 6.45) is 0. The average Bonchev–Trinajstić information content (AvgIpc) is 2.48. The molecule has 0 spiro atoms. The first-order chi connectivity index (χ1) is 6.03. The van der Waals surface area contributed by atoms with E-state index in [4.69, 9.17) is 5.11 Å². The average molecular weight is 202 g/mol. The zero-order chi connectivity index (χ0) is 9.90. The third-order valence-electron chi connectivity index (χ3n) is 1.58. The molecule has 13 heavy (non-hydrogen) atoms. The van der Waals surface area contributed by atoms with Gasteiger partial charge in [-0.1, -0.05) is 0 Å². The van der Waals surface area contributed by atoms with Crippen LogP contribution in [-0.4, -0.2) is 33.9 Å². The molecule has 1 aromatic rings. The third kappa shape index (κ3) is 3.30. The molecule has 0 fully saturated rings. The first-order valence-corrected chi connectivity index (χ1v) is 4.91. The molecule has 74 valence electrons. The van der Waals surface area contributed by atoms with Gasteiger partial charge in [0, 0.05) is 11.9 Å². The topological polar surface area (TPSA) is 65.4 Å². The van der Waals surface area contributed by atoms with Crippen molar-refractivity contribution < 1.29 is 10.2 Å². The minimum atomic E-state index is -1.08. The monoisotopic (exact) mass is 202 g/mol. The van der Waals surface area contributed by atoms with E-state index in [0.717, 1.165) is 10.8 Å². The highest BCUT2D eigenvalue weighted by molar-refractivity contribution is 7.13. The first kappa shape index (κ1) is 10.4. The van der Waals surface area contributed by atoms with Crippen molar-refractivity contribution >= 4 is 16.5 Å². The van der Waals surface area contributed by atoms with Crippen molar-refractivity contribution in [2.24, 2.45) is 0 Å². The summed E-state index contributed by atoms with van der Waals surface area (Å²) in [6, 6.07) is 0. The van der Waals surface area contributed by atoms with Crippen molar-refractivity contribution in [3.63, 3.8) is 0 Å². The molecule has 5 heteroatoms. The number of aliphatic hydroxyl groups excluding tert-OH is 1. The fraction of sp³-hybridized carbons (Fsp3) is 0.625. The molecule has 1 rings (SSSR count). The van der Waals surface area contributed by atoms with E-state index in [0.29, 0.717) is 6.54 Å². The van der Waals surface area contributed by atoms with Crippen molar-refractivity contribution in [3.8, 4) is 0 Å². The van der Waals surface area contributed by atoms with Gasteiger partial charge in [-0.3, -0.25) is 0 Å². The van der Waals surface area contributed by atoms with Crippen LogP contribution in [0.1, 0.15) is 12.6 Å². The summed E-state index contributed by atoms with van der Waals surface area (Å²) in [6.45, 7) is 3.52. The molecule has 3 N–H and O–H groups in total. The van der Waals surface area contributed by atoms with Gasteiger partial charge in [-0.25, -0.2) is 4.98 Å². The highest BCUT2D eigenvalue weighted by Gasteiger charge is 2.18. The summed E-state index contributed by atoms with van der Waals surface area (Å²) >= 11 is 1.49. The Hall–Kier alpha value is -0.650. The van der Waals surface area contributed by atoms with Crippen LogP contribution in [0, 0.1) is 6.92 Å². The van der Waals surface area contributed by atoms with Crippen LogP contribution in [0.5, 0.6) is 0 Å². The molecule has 0 radical (unpaired) electrons. The van der Waals surface area contributed by atoms with Crippen LogP contribution in [0.15, 0.2) is 5.38 Å². The van der Waals surface area contributed by atoms with Crippen molar-refractivity contribution in [1.82, 2.24) is 4.98 Å². The Morgan fingerprint density at radius 1 is 1.69 bits per heavy atom. The Balaban J connectivity index is 2.43. The molecule has 0 aliphatic carbocycles. The van der Waals surface area contributed by atoms with E-state index in [-0.39, 0.29) is 6.61 Å². The first-order valence-electron chi connectivity index (χ1n) is 4.03. The van der Waals surface area contributed by atoms with Crippen LogP contribution < -0.4 is 5.32 Å². The molecule has 0 aliphatic rings. The van der Waals surface area contributed by atoms with Gasteiger partial charge in [0.15, 0.2) is 5.13 Å². The maximum absolute atomic E-state index is 9.46. The molecule has 1 aromatic heterocycles. The number of hydrogen-bond donors (Lipinski definition) is 3. The largest absolute Gasteiger partial charge is 0.393 e. The maximum Gasteiger partial charge on any atom is 0.182 e. The highest BCUT2D eigenvalue weighted by atomic mass is 32.1. The van der Waals surface area contributed by atoms with Crippen molar-refractivity contribution in [2.45, 2.75) is 19.4 Å². The molecule has 1 atom stereocenters. The van der Waals surface area contributed by atoms with Gasteiger partial charge in [-0.15, -0.1) is 11.3 Å². The van der Waals surface area contributed by atoms with E-state index in [1.165, 1.54) is 11.3 Å². The number of aliphatic hydroxyl groups is 2. The Morgan fingerprint density at radius 3 is 2.85 bits per heavy atom. The second-order valence-electron chi connectivity index (χ2n) is 3.30. The quantitative estimate of drug-likeness (QED) is 0.669. The Morgan fingerprint density at radius 2 is 2.38 bits per heavy atom. The van der Waals surface area contributed by atoms with Crippen LogP contribution in [0.2, 0.25) is 0 Å². The van der Waals surface area contributed by atoms with Gasteiger partial charge in [0.1, 0.15) is 5.60 Å². The number of thiazole rings is 1. The maximum atomic E-state index is 9.46. The van der Waals surface area contributed by atoms with Crippen molar-refractivity contribution in [2.75, 3.05) is 18.5 Å². The molecule has 0 aromatic carbocycles. The molecule has 4 nitrogen and oxygen atoms in total. The van der Waals surface area contributed by atoms with Gasteiger partial charge >= 0.3 is 0 Å². The minimum absolute atomic E-state index is 0.260. The number of hydrogen-bond acceptors (Lipinski definition) is 5. The fourth-order valence-corrected chi connectivity index (χ4v) is 1.44. The van der Waals surface area contributed by atoms with E-state index >= 15 is 0 Å². The summed E-state index contributed by atoms with van der Waals surface area (Å²) < 4.78 is 0. The van der Waals surface area contributed by atoms with Crippen LogP contribution in [0.25, 0.3) is 0 Å². The summed E-state index contributed by atoms with van der Waals surface area (Å²) in [4.78, 5) is 4.16. The molecular weight excluding hydrogens is 188 g/mol. The predicted molar refractivity (Wildman–Crippen MR) is 53.1 cm³/mol. The van der Waals surface area contributed by atoms with Gasteiger partial charge in [0.2, 0.25) is 0 Å². The molecule has 0 saturated heterocycles. The molecule has 0 saturated carbocycles. The third-order valence-corrected chi connectivity index (χ3v) is 2.50. The van der Waals surface area contributed by atoms with E-state index < -0.39 is 5.60 Å². The lowest BCUT2D eigenvalue weighted by atomic mass is 10.1. The fourth-order valence-electron chi connectivity index (χ4n) is 0.757. The normalized spacial score (nSPS) is 15.4. The Labute approximate surface area is 81.3 Å². The van der Waals surface area contributed by atoms with Crippen LogP contribution in [0.4, 0.5) is 5.13 Å². The summed E-state index contributed by atoms with van der Waals surface area (Å²) in [7, 11) is 0. The van der Waals surface area contributed by atoms with Gasteiger partial charge in [-0.2, -0.15) is 0 Å². The van der Waals surface area contributed by atoms with Crippen molar-refractivity contribution in [1.29, 1.82) is 0 Å². The summed E-state index contributed by atoms with van der Waals surface area (Å²) in [5.41, 5.74) is -0.129. The van der Waals surface area contributed by atoms with E-state index in [9.17, 15) is 5.11 Å². The van der Waals surface area contributed by atoms with Gasteiger partial charge < -0.3 is 15.5 Å². The lowest BCUT2D eigenvalue weighted by molar-refractivity contribution is 0.0132. The van der Waals surface area contributed by atoms with Crippen LogP contribution in [-0.2, 0) is 0 Å². The standard InChI is InChI=1S/C8H14N2O2S/c1-6-3-13-7(10-6)9-4-8(2,12)5-11/h3,11-12H,4-5H2,1-2H3,(H,9,10). The Bertz CT molecular complexity index is 273. The Kier molecular flexibility index (Phi) is 3.24. The number of rotatable bonds is 4. The lowest BCUT2D eigenvalue weighted by Crippen LogP contribution is -2.37. The minimum Gasteiger partial charge on any atom is -0.393 e. The number of aromatic nitrogens is 1. The summed E-state index contributed by atoms with van der Waals surface area (Å²) in [5.74, 6) is 0. The second kappa shape index (κ2) is 4.04. The van der Waals surface area contributed by atoms with E-state index in [2.05, 4.69) is 10.3 Å². The summed E-state index contributed by atoms with van der Waals surface area (Å²) in [5, 5.41) is 23.9. The smallest absolute Gasteiger partial charge is 0.182 e. The van der Waals surface area contributed by atoms with Gasteiger partial charge in [-0.05, 0) is 13.8 Å². The molecule has 1 heterocycles. The number of nitrogens with one attached hydrogen (secondary N) is 1. The van der Waals surface area contributed by atoms with Gasteiger partial charge in [0.25, 0.3) is 0 Å². The number of aryl methyl sites for hydroxylation is 1. The molecule has 0 aliphatic heterocycles. The van der Waals surface area contributed by atoms with Crippen LogP contribution >= 0.6 is 11.3 Å². The number of anilines is 1. The van der Waals surface area contributed by atoms with Gasteiger partial charge in [0.05, 0.1) is 12.3 Å². The lowest BCUT2D eigenvalue weighted by Gasteiger charge is -2.19. The van der Waals surface area contributed by atoms with Crippen molar-refractivity contribution in [3.05, 3.63) is 11.1 Å². The zero-order valence-electron chi connectivity index (χ0n) is 7.74. The predicted octanol–water partition coefficient (Wildman–Crippen LogP) is 0.607. The highest BCUT2D eigenvalue weighted by Crippen LogP contribution is 2.15. The van der Waals surface area contributed by atoms with Crippen LogP contribution in [0.3, 0.4) is 0 Å². The number of nitrogens with zero attached hydrogens (tertiary/aromatic N) is 1. The molecule has 0 bridgehead atoms. The SMILES string of the molecule is Cc1csc(NCC(C)(O)CO)n1. The zero-order valence-corrected chi connectivity index (χ0v) is 8.56. The molecule has 0 amide bonds. The molecular formula is C8H14N2O2S. The van der Waals surface area contributed by atoms with E-state index in [1.807, 2.05) is 12.3 Å². The molecule has 1 unspecified atom stereocenters. The second-order valence-corrected chi connectivity index (χ2v) is 4.16. The van der Waals surface area contributed by atoms with E-state index in [1.54, 1.807) is 6.92 Å².